The number of halogens is 2. The van der Waals surface area contributed by atoms with Crippen LogP contribution < -0.4 is 15.8 Å². The maximum atomic E-state index is 13.2. The van der Waals surface area contributed by atoms with Gasteiger partial charge in [-0.25, -0.2) is 22.5 Å². The highest BCUT2D eigenvalue weighted by molar-refractivity contribution is 14.0. The molecule has 0 bridgehead atoms. The van der Waals surface area contributed by atoms with Crippen LogP contribution in [0.2, 0.25) is 0 Å². The molecule has 0 aliphatic rings. The van der Waals surface area contributed by atoms with Crippen molar-refractivity contribution in [3.05, 3.63) is 65.5 Å². The van der Waals surface area contributed by atoms with Crippen LogP contribution >= 0.6 is 24.0 Å². The van der Waals surface area contributed by atoms with Crippen molar-refractivity contribution < 1.29 is 12.8 Å². The lowest BCUT2D eigenvalue weighted by atomic mass is 10.1. The molecule has 2 aromatic rings. The number of hydrogen-bond acceptors (Lipinski definition) is 3. The fourth-order valence-corrected chi connectivity index (χ4v) is 3.41. The van der Waals surface area contributed by atoms with Crippen LogP contribution in [0.1, 0.15) is 31.9 Å². The second-order valence-electron chi connectivity index (χ2n) is 7.18. The predicted molar refractivity (Wildman–Crippen MR) is 120 cm³/mol. The Balaban J connectivity index is 0.00000392. The van der Waals surface area contributed by atoms with E-state index in [0.717, 1.165) is 0 Å². The minimum atomic E-state index is -3.73. The molecule has 0 saturated carbocycles. The van der Waals surface area contributed by atoms with E-state index in [1.165, 1.54) is 24.3 Å². The van der Waals surface area contributed by atoms with Crippen molar-refractivity contribution in [2.24, 2.45) is 10.7 Å². The summed E-state index contributed by atoms with van der Waals surface area (Å²) in [5.74, 6) is -0.118. The highest BCUT2D eigenvalue weighted by Gasteiger charge is 2.14. The van der Waals surface area contributed by atoms with Gasteiger partial charge in [0.25, 0.3) is 0 Å². The third kappa shape index (κ3) is 8.11. The van der Waals surface area contributed by atoms with Crippen LogP contribution in [-0.4, -0.2) is 19.9 Å². The summed E-state index contributed by atoms with van der Waals surface area (Å²) >= 11 is 0. The number of hydrogen-bond donors (Lipinski definition) is 3. The number of nitrogens with two attached hydrogens (primary N) is 1. The van der Waals surface area contributed by atoms with E-state index in [0.29, 0.717) is 17.1 Å². The minimum absolute atomic E-state index is 0. The van der Waals surface area contributed by atoms with Gasteiger partial charge in [0.2, 0.25) is 10.0 Å². The van der Waals surface area contributed by atoms with E-state index in [2.05, 4.69) is 15.0 Å². The van der Waals surface area contributed by atoms with Gasteiger partial charge in [-0.3, -0.25) is 0 Å². The van der Waals surface area contributed by atoms with Crippen LogP contribution in [0.4, 0.5) is 4.39 Å². The summed E-state index contributed by atoms with van der Waals surface area (Å²) in [4.78, 5) is 4.35. The average Bonchev–Trinajstić information content (AvgIpc) is 2.57. The van der Waals surface area contributed by atoms with Crippen LogP contribution in [0.15, 0.2) is 58.4 Å². The maximum Gasteiger partial charge on any atom is 0.240 e. The van der Waals surface area contributed by atoms with E-state index in [9.17, 15) is 12.8 Å². The van der Waals surface area contributed by atoms with Gasteiger partial charge in [-0.05, 0) is 56.2 Å². The zero-order chi connectivity index (χ0) is 20.1. The Bertz CT molecular complexity index is 928. The maximum absolute atomic E-state index is 13.2. The number of nitrogens with zero attached hydrogens (tertiary/aromatic N) is 1. The standard InChI is InChI=1S/C19H25FN4O2S.HI/c1-19(2,3)24-18(21)22-12-15-7-5-9-17(11-15)27(25,26)23-13-14-6-4-8-16(20)10-14;/h4-11,23H,12-13H2,1-3H3,(H3,21,22,24);1H. The van der Waals surface area contributed by atoms with Gasteiger partial charge in [0.05, 0.1) is 11.4 Å². The van der Waals surface area contributed by atoms with E-state index >= 15 is 0 Å². The smallest absolute Gasteiger partial charge is 0.240 e. The summed E-state index contributed by atoms with van der Waals surface area (Å²) in [5.41, 5.74) is 6.88. The summed E-state index contributed by atoms with van der Waals surface area (Å²) < 4.78 is 40.7. The van der Waals surface area contributed by atoms with Gasteiger partial charge in [-0.2, -0.15) is 0 Å². The zero-order valence-electron chi connectivity index (χ0n) is 16.1. The molecule has 0 fully saturated rings. The molecular weight excluding hydrogens is 494 g/mol. The number of rotatable bonds is 6. The molecule has 0 spiro atoms. The van der Waals surface area contributed by atoms with E-state index in [4.69, 9.17) is 5.73 Å². The normalized spacial score (nSPS) is 12.4. The minimum Gasteiger partial charge on any atom is -0.370 e. The second-order valence-corrected chi connectivity index (χ2v) is 8.95. The SMILES string of the molecule is CC(C)(C)NC(N)=NCc1cccc(S(=O)(=O)NCc2cccc(F)c2)c1.I. The number of nitrogens with one attached hydrogen (secondary N) is 2. The Hall–Kier alpha value is -1.72. The first-order valence-corrected chi connectivity index (χ1v) is 9.95. The number of guanidine groups is 1. The van der Waals surface area contributed by atoms with Crippen molar-refractivity contribution in [1.29, 1.82) is 0 Å². The molecule has 0 radical (unpaired) electrons. The van der Waals surface area contributed by atoms with E-state index in [-0.39, 0.29) is 47.5 Å². The van der Waals surface area contributed by atoms with Gasteiger partial charge in [0.15, 0.2) is 5.96 Å². The van der Waals surface area contributed by atoms with E-state index in [1.54, 1.807) is 24.3 Å². The lowest BCUT2D eigenvalue weighted by molar-refractivity contribution is 0.508. The Labute approximate surface area is 182 Å². The molecule has 0 saturated heterocycles. The number of benzene rings is 2. The van der Waals surface area contributed by atoms with Gasteiger partial charge < -0.3 is 11.1 Å². The molecule has 0 atom stereocenters. The summed E-state index contributed by atoms with van der Waals surface area (Å²) in [5, 5.41) is 3.04. The van der Waals surface area contributed by atoms with Gasteiger partial charge in [-0.15, -0.1) is 24.0 Å². The van der Waals surface area contributed by atoms with Crippen molar-refractivity contribution in [2.75, 3.05) is 0 Å². The largest absolute Gasteiger partial charge is 0.370 e. The molecule has 0 unspecified atom stereocenters. The van der Waals surface area contributed by atoms with Crippen LogP contribution in [0, 0.1) is 5.82 Å². The first-order chi connectivity index (χ1) is 12.5. The van der Waals surface area contributed by atoms with Crippen molar-refractivity contribution in [3.8, 4) is 0 Å². The summed E-state index contributed by atoms with van der Waals surface area (Å²) in [6, 6.07) is 12.3. The van der Waals surface area contributed by atoms with Crippen molar-refractivity contribution >= 4 is 40.0 Å². The third-order valence-electron chi connectivity index (χ3n) is 3.50. The zero-order valence-corrected chi connectivity index (χ0v) is 19.2. The number of aliphatic imine (C=N–C) groups is 1. The molecule has 9 heteroatoms. The first-order valence-electron chi connectivity index (χ1n) is 8.46. The third-order valence-corrected chi connectivity index (χ3v) is 4.90. The summed E-state index contributed by atoms with van der Waals surface area (Å²) in [7, 11) is -3.73. The summed E-state index contributed by atoms with van der Waals surface area (Å²) in [6.07, 6.45) is 0. The fraction of sp³-hybridized carbons (Fsp3) is 0.316. The lowest BCUT2D eigenvalue weighted by Gasteiger charge is -2.21. The monoisotopic (exact) mass is 520 g/mol. The fourth-order valence-electron chi connectivity index (χ4n) is 2.32. The van der Waals surface area contributed by atoms with Crippen molar-refractivity contribution in [1.82, 2.24) is 10.0 Å². The molecule has 0 aliphatic heterocycles. The Morgan fingerprint density at radius 3 is 2.39 bits per heavy atom. The van der Waals surface area contributed by atoms with Crippen LogP contribution in [0.5, 0.6) is 0 Å². The van der Waals surface area contributed by atoms with Gasteiger partial charge in [-0.1, -0.05) is 24.3 Å². The Morgan fingerprint density at radius 1 is 1.11 bits per heavy atom. The molecule has 0 amide bonds. The second kappa shape index (κ2) is 10.2. The van der Waals surface area contributed by atoms with E-state index < -0.39 is 15.8 Å². The van der Waals surface area contributed by atoms with Gasteiger partial charge in [0.1, 0.15) is 5.82 Å². The number of sulfonamides is 1. The molecule has 0 aliphatic carbocycles. The van der Waals surface area contributed by atoms with Crippen LogP contribution in [0.25, 0.3) is 0 Å². The topological polar surface area (TPSA) is 96.6 Å². The van der Waals surface area contributed by atoms with Crippen LogP contribution in [-0.2, 0) is 23.1 Å². The molecule has 154 valence electrons. The van der Waals surface area contributed by atoms with Gasteiger partial charge in [0, 0.05) is 12.1 Å². The molecule has 6 nitrogen and oxygen atoms in total. The molecule has 2 aromatic carbocycles. The molecule has 28 heavy (non-hydrogen) atoms. The lowest BCUT2D eigenvalue weighted by Crippen LogP contribution is -2.44. The highest BCUT2D eigenvalue weighted by Crippen LogP contribution is 2.13. The molecule has 0 heterocycles. The first kappa shape index (κ1) is 24.3. The molecule has 2 rings (SSSR count). The predicted octanol–water partition coefficient (Wildman–Crippen LogP) is 3.13. The van der Waals surface area contributed by atoms with E-state index in [1.807, 2.05) is 20.8 Å². The summed E-state index contributed by atoms with van der Waals surface area (Å²) in [6.45, 7) is 6.15. The molecule has 0 aromatic heterocycles. The van der Waals surface area contributed by atoms with Crippen LogP contribution in [0.3, 0.4) is 0 Å². The van der Waals surface area contributed by atoms with Crippen molar-refractivity contribution in [3.63, 3.8) is 0 Å². The van der Waals surface area contributed by atoms with Gasteiger partial charge >= 0.3 is 0 Å². The highest BCUT2D eigenvalue weighted by atomic mass is 127. The van der Waals surface area contributed by atoms with Crippen molar-refractivity contribution in [2.45, 2.75) is 44.3 Å². The average molecular weight is 520 g/mol. The molecular formula is C19H26FIN4O2S. The Kier molecular flexibility index (Phi) is 8.83. The quantitative estimate of drug-likeness (QED) is 0.310. The molecule has 4 N–H and O–H groups in total. The Morgan fingerprint density at radius 2 is 1.75 bits per heavy atom.